The standard InChI is InChI=1S/C11H14N2S/c1-11(2)7-10(14)12-8-5-3-4-6-9(8)13-11/h3-6,13H,7H2,1-2H3,(H,12,14). The summed E-state index contributed by atoms with van der Waals surface area (Å²) in [5.41, 5.74) is 2.22. The lowest BCUT2D eigenvalue weighted by atomic mass is 10.0. The zero-order valence-electron chi connectivity index (χ0n) is 8.42. The first kappa shape index (κ1) is 9.46. The second-order valence-corrected chi connectivity index (χ2v) is 4.77. The van der Waals surface area contributed by atoms with Crippen molar-refractivity contribution in [2.75, 3.05) is 10.6 Å². The second kappa shape index (κ2) is 3.24. The highest BCUT2D eigenvalue weighted by Crippen LogP contribution is 2.29. The van der Waals surface area contributed by atoms with Crippen LogP contribution in [0.15, 0.2) is 24.3 Å². The molecule has 3 heteroatoms. The van der Waals surface area contributed by atoms with Gasteiger partial charge in [-0.3, -0.25) is 0 Å². The van der Waals surface area contributed by atoms with Crippen LogP contribution in [-0.2, 0) is 0 Å². The van der Waals surface area contributed by atoms with Crippen LogP contribution in [0.4, 0.5) is 11.4 Å². The topological polar surface area (TPSA) is 24.1 Å². The van der Waals surface area contributed by atoms with Gasteiger partial charge in [-0.2, -0.15) is 0 Å². The fourth-order valence-corrected chi connectivity index (χ4v) is 2.18. The Labute approximate surface area is 89.7 Å². The lowest BCUT2D eigenvalue weighted by molar-refractivity contribution is 0.598. The van der Waals surface area contributed by atoms with Crippen LogP contribution in [0.2, 0.25) is 0 Å². The predicted molar refractivity (Wildman–Crippen MR) is 65.0 cm³/mol. The summed E-state index contributed by atoms with van der Waals surface area (Å²) >= 11 is 5.27. The van der Waals surface area contributed by atoms with E-state index < -0.39 is 0 Å². The predicted octanol–water partition coefficient (Wildman–Crippen LogP) is 3.02. The number of thiocarbonyl (C=S) groups is 1. The highest BCUT2D eigenvalue weighted by molar-refractivity contribution is 7.80. The highest BCUT2D eigenvalue weighted by Gasteiger charge is 2.24. The summed E-state index contributed by atoms with van der Waals surface area (Å²) in [6.45, 7) is 4.31. The molecule has 0 saturated heterocycles. The van der Waals surface area contributed by atoms with E-state index in [1.807, 2.05) is 18.2 Å². The number of hydrogen-bond acceptors (Lipinski definition) is 2. The minimum absolute atomic E-state index is 0.0245. The normalized spacial score (nSPS) is 18.9. The largest absolute Gasteiger partial charge is 0.378 e. The summed E-state index contributed by atoms with van der Waals surface area (Å²) in [6, 6.07) is 8.14. The molecule has 74 valence electrons. The van der Waals surface area contributed by atoms with E-state index in [0.29, 0.717) is 0 Å². The fourth-order valence-electron chi connectivity index (χ4n) is 1.71. The van der Waals surface area contributed by atoms with Crippen molar-refractivity contribution in [1.82, 2.24) is 0 Å². The maximum Gasteiger partial charge on any atom is 0.0821 e. The van der Waals surface area contributed by atoms with Gasteiger partial charge in [-0.15, -0.1) is 0 Å². The number of fused-ring (bicyclic) bond motifs is 1. The Balaban J connectivity index is 2.42. The van der Waals surface area contributed by atoms with Gasteiger partial charge in [0.2, 0.25) is 0 Å². The first-order valence-corrected chi connectivity index (χ1v) is 5.15. The molecule has 2 nitrogen and oxygen atoms in total. The Bertz CT molecular complexity index is 371. The third-order valence-corrected chi connectivity index (χ3v) is 2.52. The molecule has 1 aliphatic rings. The van der Waals surface area contributed by atoms with Crippen molar-refractivity contribution in [1.29, 1.82) is 0 Å². The molecule has 0 spiro atoms. The lowest BCUT2D eigenvalue weighted by Gasteiger charge is -2.24. The quantitative estimate of drug-likeness (QED) is 0.638. The fraction of sp³-hybridized carbons (Fsp3) is 0.364. The molecule has 1 aromatic rings. The van der Waals surface area contributed by atoms with Crippen LogP contribution < -0.4 is 10.6 Å². The summed E-state index contributed by atoms with van der Waals surface area (Å²) in [5.74, 6) is 0. The smallest absolute Gasteiger partial charge is 0.0821 e. The molecular weight excluding hydrogens is 192 g/mol. The molecule has 1 aliphatic heterocycles. The molecule has 0 saturated carbocycles. The van der Waals surface area contributed by atoms with Crippen LogP contribution >= 0.6 is 12.2 Å². The Kier molecular flexibility index (Phi) is 2.19. The molecule has 0 atom stereocenters. The van der Waals surface area contributed by atoms with Crippen LogP contribution in [0.25, 0.3) is 0 Å². The first-order chi connectivity index (χ1) is 6.57. The number of hydrogen-bond donors (Lipinski definition) is 2. The Morgan fingerprint density at radius 2 is 1.86 bits per heavy atom. The van der Waals surface area contributed by atoms with Gasteiger partial charge < -0.3 is 10.6 Å². The van der Waals surface area contributed by atoms with Crippen LogP contribution in [0, 0.1) is 0 Å². The van der Waals surface area contributed by atoms with Crippen molar-refractivity contribution in [3.05, 3.63) is 24.3 Å². The molecule has 2 N–H and O–H groups in total. The minimum Gasteiger partial charge on any atom is -0.378 e. The van der Waals surface area contributed by atoms with Gasteiger partial charge in [-0.1, -0.05) is 24.4 Å². The van der Waals surface area contributed by atoms with E-state index in [4.69, 9.17) is 12.2 Å². The number of benzene rings is 1. The Hall–Kier alpha value is -1.09. The van der Waals surface area contributed by atoms with Gasteiger partial charge in [0, 0.05) is 12.0 Å². The van der Waals surface area contributed by atoms with Crippen LogP contribution in [0.3, 0.4) is 0 Å². The van der Waals surface area contributed by atoms with Gasteiger partial charge in [0.1, 0.15) is 0 Å². The maximum absolute atomic E-state index is 5.27. The third-order valence-electron chi connectivity index (χ3n) is 2.28. The average Bonchev–Trinajstić information content (AvgIpc) is 2.16. The molecule has 14 heavy (non-hydrogen) atoms. The monoisotopic (exact) mass is 206 g/mol. The molecule has 0 unspecified atom stereocenters. The van der Waals surface area contributed by atoms with Crippen molar-refractivity contribution in [3.8, 4) is 0 Å². The van der Waals surface area contributed by atoms with Crippen LogP contribution in [-0.4, -0.2) is 10.5 Å². The molecule has 0 radical (unpaired) electrons. The van der Waals surface area contributed by atoms with Crippen LogP contribution in [0.1, 0.15) is 20.3 Å². The number of para-hydroxylation sites is 2. The summed E-state index contributed by atoms with van der Waals surface area (Å²) in [5, 5.41) is 6.73. The molecule has 0 bridgehead atoms. The zero-order chi connectivity index (χ0) is 10.2. The molecule has 0 amide bonds. The van der Waals surface area contributed by atoms with Crippen molar-refractivity contribution >= 4 is 28.6 Å². The lowest BCUT2D eigenvalue weighted by Crippen LogP contribution is -2.32. The molecule has 0 aliphatic carbocycles. The number of anilines is 2. The van der Waals surface area contributed by atoms with E-state index in [-0.39, 0.29) is 5.54 Å². The first-order valence-electron chi connectivity index (χ1n) is 4.74. The summed E-state index contributed by atoms with van der Waals surface area (Å²) in [6.07, 6.45) is 0.858. The number of rotatable bonds is 0. The van der Waals surface area contributed by atoms with Crippen molar-refractivity contribution in [2.45, 2.75) is 25.8 Å². The third kappa shape index (κ3) is 1.87. The van der Waals surface area contributed by atoms with E-state index in [1.54, 1.807) is 0 Å². The van der Waals surface area contributed by atoms with E-state index in [0.717, 1.165) is 22.8 Å². The molecule has 2 rings (SSSR count). The van der Waals surface area contributed by atoms with Gasteiger partial charge in [-0.05, 0) is 26.0 Å². The van der Waals surface area contributed by atoms with Crippen molar-refractivity contribution in [2.24, 2.45) is 0 Å². The molecule has 0 aromatic heterocycles. The maximum atomic E-state index is 5.27. The number of nitrogens with one attached hydrogen (secondary N) is 2. The summed E-state index contributed by atoms with van der Waals surface area (Å²) < 4.78 is 0. The molecule has 1 aromatic carbocycles. The van der Waals surface area contributed by atoms with Crippen LogP contribution in [0.5, 0.6) is 0 Å². The van der Waals surface area contributed by atoms with Crippen molar-refractivity contribution in [3.63, 3.8) is 0 Å². The van der Waals surface area contributed by atoms with Gasteiger partial charge in [-0.25, -0.2) is 0 Å². The second-order valence-electron chi connectivity index (χ2n) is 4.28. The van der Waals surface area contributed by atoms with Gasteiger partial charge in [0.05, 0.1) is 16.4 Å². The molecular formula is C11H14N2S. The average molecular weight is 206 g/mol. The van der Waals surface area contributed by atoms with Gasteiger partial charge in [0.25, 0.3) is 0 Å². The summed E-state index contributed by atoms with van der Waals surface area (Å²) in [7, 11) is 0. The molecule has 0 fully saturated rings. The zero-order valence-corrected chi connectivity index (χ0v) is 9.24. The Morgan fingerprint density at radius 1 is 1.21 bits per heavy atom. The van der Waals surface area contributed by atoms with E-state index in [2.05, 4.69) is 30.5 Å². The SMILES string of the molecule is CC1(C)CC(=S)Nc2ccccc2N1. The highest BCUT2D eigenvalue weighted by atomic mass is 32.1. The van der Waals surface area contributed by atoms with E-state index >= 15 is 0 Å². The van der Waals surface area contributed by atoms with Gasteiger partial charge in [0.15, 0.2) is 0 Å². The molecule has 1 heterocycles. The van der Waals surface area contributed by atoms with E-state index in [9.17, 15) is 0 Å². The Morgan fingerprint density at radius 3 is 2.57 bits per heavy atom. The minimum atomic E-state index is 0.0245. The summed E-state index contributed by atoms with van der Waals surface area (Å²) in [4.78, 5) is 0.896. The van der Waals surface area contributed by atoms with Crippen molar-refractivity contribution < 1.29 is 0 Å². The van der Waals surface area contributed by atoms with E-state index in [1.165, 1.54) is 0 Å². The van der Waals surface area contributed by atoms with Gasteiger partial charge >= 0.3 is 0 Å².